The molecule has 4 aliphatic rings. The minimum absolute atomic E-state index is 0.0966. The third kappa shape index (κ3) is 2.53. The Hall–Kier alpha value is -1.13. The minimum Gasteiger partial charge on any atom is -0.449 e. The number of ketones is 1. The van der Waals surface area contributed by atoms with Gasteiger partial charge in [0.2, 0.25) is 0 Å². The molecule has 2 fully saturated rings. The standard InChI is InChI=1S/C23H31ClO4/c1-14(26)23(28-20(27)13-25)11-8-17-15-12-19(24)18-6-4-5-9-21(18,2)16(15)7-10-22(17,23)3/h6,12,15-17,25H,4-5,7-11,13H2,1-3H3/t15-,16+,17+,21-,22+,23+/m1/s1. The van der Waals surface area contributed by atoms with E-state index in [1.165, 1.54) is 18.9 Å². The maximum Gasteiger partial charge on any atom is 0.332 e. The zero-order valence-electron chi connectivity index (χ0n) is 17.1. The summed E-state index contributed by atoms with van der Waals surface area (Å²) in [6.07, 6.45) is 11.2. The molecule has 0 heterocycles. The molecule has 0 spiro atoms. The fourth-order valence-electron chi connectivity index (χ4n) is 7.31. The molecule has 0 aromatic rings. The lowest BCUT2D eigenvalue weighted by atomic mass is 9.48. The molecule has 0 aromatic carbocycles. The molecule has 0 aromatic heterocycles. The number of fused-ring (bicyclic) bond motifs is 5. The van der Waals surface area contributed by atoms with Crippen molar-refractivity contribution in [2.24, 2.45) is 28.6 Å². The smallest absolute Gasteiger partial charge is 0.332 e. The Morgan fingerprint density at radius 1 is 1.21 bits per heavy atom. The van der Waals surface area contributed by atoms with Crippen LogP contribution in [0, 0.1) is 28.6 Å². The summed E-state index contributed by atoms with van der Waals surface area (Å²) in [5.41, 5.74) is -0.149. The number of rotatable bonds is 3. The largest absolute Gasteiger partial charge is 0.449 e. The second kappa shape index (κ2) is 6.70. The normalized spacial score (nSPS) is 44.5. The first-order valence-corrected chi connectivity index (χ1v) is 11.0. The number of allylic oxidation sites excluding steroid dienone is 4. The van der Waals surface area contributed by atoms with Crippen molar-refractivity contribution in [3.8, 4) is 0 Å². The van der Waals surface area contributed by atoms with E-state index in [2.05, 4.69) is 26.0 Å². The van der Waals surface area contributed by atoms with Crippen LogP contribution in [-0.4, -0.2) is 29.1 Å². The van der Waals surface area contributed by atoms with Gasteiger partial charge in [-0.3, -0.25) is 4.79 Å². The highest BCUT2D eigenvalue weighted by atomic mass is 35.5. The Morgan fingerprint density at radius 2 is 1.93 bits per heavy atom. The summed E-state index contributed by atoms with van der Waals surface area (Å²) in [6, 6.07) is 0. The summed E-state index contributed by atoms with van der Waals surface area (Å²) >= 11 is 6.78. The van der Waals surface area contributed by atoms with E-state index in [1.807, 2.05) is 0 Å². The first-order valence-electron chi connectivity index (χ1n) is 10.6. The van der Waals surface area contributed by atoms with Crippen LogP contribution in [0.4, 0.5) is 0 Å². The van der Waals surface area contributed by atoms with Crippen LogP contribution in [0.2, 0.25) is 0 Å². The summed E-state index contributed by atoms with van der Waals surface area (Å²) in [6.45, 7) is 5.31. The molecular formula is C23H31ClO4. The molecule has 4 rings (SSSR count). The second-order valence-corrected chi connectivity index (χ2v) is 10.1. The minimum atomic E-state index is -1.13. The van der Waals surface area contributed by atoms with Crippen molar-refractivity contribution < 1.29 is 19.4 Å². The summed E-state index contributed by atoms with van der Waals surface area (Å²) in [5, 5.41) is 10.1. The Labute approximate surface area is 172 Å². The zero-order valence-corrected chi connectivity index (χ0v) is 17.8. The number of carbonyl (C=O) groups is 2. The Kier molecular flexibility index (Phi) is 4.82. The number of hydrogen-bond acceptors (Lipinski definition) is 4. The van der Waals surface area contributed by atoms with Gasteiger partial charge in [0.05, 0.1) is 0 Å². The number of aliphatic hydroxyl groups is 1. The van der Waals surface area contributed by atoms with Crippen LogP contribution in [0.3, 0.4) is 0 Å². The zero-order chi connectivity index (χ0) is 20.3. The molecule has 6 atom stereocenters. The van der Waals surface area contributed by atoms with Crippen LogP contribution >= 0.6 is 11.6 Å². The van der Waals surface area contributed by atoms with Crippen LogP contribution in [0.15, 0.2) is 22.8 Å². The predicted molar refractivity (Wildman–Crippen MR) is 108 cm³/mol. The van der Waals surface area contributed by atoms with Gasteiger partial charge < -0.3 is 9.84 Å². The topological polar surface area (TPSA) is 63.6 Å². The van der Waals surface area contributed by atoms with Gasteiger partial charge in [-0.1, -0.05) is 37.6 Å². The van der Waals surface area contributed by atoms with Crippen LogP contribution in [-0.2, 0) is 14.3 Å². The molecule has 4 nitrogen and oxygen atoms in total. The number of halogens is 1. The first-order chi connectivity index (χ1) is 13.2. The van der Waals surface area contributed by atoms with Crippen molar-refractivity contribution in [2.45, 2.75) is 71.3 Å². The number of esters is 1. The molecule has 0 radical (unpaired) electrons. The Balaban J connectivity index is 1.76. The SMILES string of the molecule is CC(=O)[C@@]1(OC(=O)CO)CC[C@H]2[C@@H]3C=C(Cl)C4=CCCC[C@]4(C)[C@H]3CC[C@@]21C. The predicted octanol–water partition coefficient (Wildman–Crippen LogP) is 4.55. The van der Waals surface area contributed by atoms with E-state index < -0.39 is 23.6 Å². The summed E-state index contributed by atoms with van der Waals surface area (Å²) < 4.78 is 5.72. The lowest BCUT2D eigenvalue weighted by Crippen LogP contribution is -2.58. The van der Waals surface area contributed by atoms with Gasteiger partial charge in [-0.05, 0) is 80.6 Å². The average Bonchev–Trinajstić information content (AvgIpc) is 2.95. The van der Waals surface area contributed by atoms with Crippen molar-refractivity contribution in [1.82, 2.24) is 0 Å². The first kappa shape index (κ1) is 20.2. The second-order valence-electron chi connectivity index (χ2n) is 9.74. The van der Waals surface area contributed by atoms with E-state index in [4.69, 9.17) is 16.3 Å². The Bertz CT molecular complexity index is 771. The van der Waals surface area contributed by atoms with E-state index >= 15 is 0 Å². The van der Waals surface area contributed by atoms with E-state index in [1.54, 1.807) is 0 Å². The highest BCUT2D eigenvalue weighted by molar-refractivity contribution is 6.32. The van der Waals surface area contributed by atoms with Gasteiger partial charge in [-0.2, -0.15) is 0 Å². The number of carbonyl (C=O) groups excluding carboxylic acids is 2. The van der Waals surface area contributed by atoms with Crippen molar-refractivity contribution >= 4 is 23.4 Å². The van der Waals surface area contributed by atoms with Gasteiger partial charge in [0.15, 0.2) is 11.4 Å². The molecule has 0 amide bonds. The highest BCUT2D eigenvalue weighted by Gasteiger charge is 2.67. The van der Waals surface area contributed by atoms with E-state index in [9.17, 15) is 14.7 Å². The summed E-state index contributed by atoms with van der Waals surface area (Å²) in [4.78, 5) is 24.8. The van der Waals surface area contributed by atoms with Crippen LogP contribution in [0.1, 0.15) is 65.7 Å². The fourth-order valence-corrected chi connectivity index (χ4v) is 7.75. The monoisotopic (exact) mass is 406 g/mol. The number of ether oxygens (including phenoxy) is 1. The van der Waals surface area contributed by atoms with Crippen LogP contribution < -0.4 is 0 Å². The summed E-state index contributed by atoms with van der Waals surface area (Å²) in [5.74, 6) is 0.237. The van der Waals surface area contributed by atoms with Gasteiger partial charge in [-0.25, -0.2) is 4.79 Å². The fraction of sp³-hybridized carbons (Fsp3) is 0.739. The average molecular weight is 407 g/mol. The van der Waals surface area contributed by atoms with Gasteiger partial charge in [0.1, 0.15) is 6.61 Å². The molecule has 28 heavy (non-hydrogen) atoms. The molecule has 4 aliphatic carbocycles. The van der Waals surface area contributed by atoms with Gasteiger partial charge in [-0.15, -0.1) is 0 Å². The third-order valence-electron chi connectivity index (χ3n) is 8.72. The maximum atomic E-state index is 12.8. The van der Waals surface area contributed by atoms with Crippen molar-refractivity contribution in [3.05, 3.63) is 22.8 Å². The molecule has 154 valence electrons. The van der Waals surface area contributed by atoms with Crippen LogP contribution in [0.25, 0.3) is 0 Å². The third-order valence-corrected chi connectivity index (χ3v) is 9.05. The van der Waals surface area contributed by atoms with Crippen molar-refractivity contribution in [1.29, 1.82) is 0 Å². The number of aliphatic hydroxyl groups excluding tert-OH is 1. The molecule has 0 saturated heterocycles. The number of hydrogen-bond donors (Lipinski definition) is 1. The van der Waals surface area contributed by atoms with Crippen molar-refractivity contribution in [3.63, 3.8) is 0 Å². The number of Topliss-reactive ketones (excluding diaryl/α,β-unsaturated/α-hetero) is 1. The van der Waals surface area contributed by atoms with Gasteiger partial charge in [0, 0.05) is 10.4 Å². The molecule has 5 heteroatoms. The Morgan fingerprint density at radius 3 is 2.61 bits per heavy atom. The van der Waals surface area contributed by atoms with Gasteiger partial charge in [0.25, 0.3) is 0 Å². The molecular weight excluding hydrogens is 376 g/mol. The van der Waals surface area contributed by atoms with Gasteiger partial charge >= 0.3 is 5.97 Å². The summed E-state index contributed by atoms with van der Waals surface area (Å²) in [7, 11) is 0. The maximum absolute atomic E-state index is 12.8. The van der Waals surface area contributed by atoms with Crippen LogP contribution in [0.5, 0.6) is 0 Å². The van der Waals surface area contributed by atoms with Crippen molar-refractivity contribution in [2.75, 3.05) is 6.61 Å². The van der Waals surface area contributed by atoms with E-state index in [0.717, 1.165) is 37.1 Å². The molecule has 0 unspecified atom stereocenters. The lowest BCUT2D eigenvalue weighted by molar-refractivity contribution is -0.189. The van der Waals surface area contributed by atoms with E-state index in [-0.39, 0.29) is 17.1 Å². The molecule has 1 N–H and O–H groups in total. The molecule has 0 aliphatic heterocycles. The highest BCUT2D eigenvalue weighted by Crippen LogP contribution is 2.68. The quantitative estimate of drug-likeness (QED) is 0.698. The molecule has 0 bridgehead atoms. The lowest BCUT2D eigenvalue weighted by Gasteiger charge is -2.57. The molecule has 2 saturated carbocycles. The van der Waals surface area contributed by atoms with E-state index in [0.29, 0.717) is 18.3 Å².